The molecule has 1 aromatic carbocycles. The van der Waals surface area contributed by atoms with Gasteiger partial charge in [0.15, 0.2) is 0 Å². The molecule has 0 saturated heterocycles. The molecule has 4 heteroatoms. The molecule has 14 heavy (non-hydrogen) atoms. The van der Waals surface area contributed by atoms with Crippen LogP contribution >= 0.6 is 0 Å². The van der Waals surface area contributed by atoms with Crippen molar-refractivity contribution >= 4 is 11.7 Å². The third kappa shape index (κ3) is 1.23. The number of aryl methyl sites for hydroxylation is 1. The van der Waals surface area contributed by atoms with Crippen LogP contribution in [0.2, 0.25) is 0 Å². The largest absolute Gasteiger partial charge is 0.480 e. The maximum absolute atomic E-state index is 13.5. The van der Waals surface area contributed by atoms with Crippen molar-refractivity contribution in [1.82, 2.24) is 0 Å². The fraction of sp³-hybridized carbons (Fsp3) is 0.300. The van der Waals surface area contributed by atoms with E-state index in [9.17, 15) is 9.18 Å². The number of carboxylic acid groups (broad SMARTS) is 1. The molecule has 0 bridgehead atoms. The van der Waals surface area contributed by atoms with Crippen molar-refractivity contribution in [2.24, 2.45) is 0 Å². The van der Waals surface area contributed by atoms with E-state index in [2.05, 4.69) is 5.32 Å². The first-order chi connectivity index (χ1) is 6.59. The van der Waals surface area contributed by atoms with Crippen LogP contribution in [0.15, 0.2) is 12.1 Å². The summed E-state index contributed by atoms with van der Waals surface area (Å²) in [6, 6.07) is 2.67. The van der Waals surface area contributed by atoms with Crippen molar-refractivity contribution in [2.45, 2.75) is 19.4 Å². The summed E-state index contributed by atoms with van der Waals surface area (Å²) in [5, 5.41) is 11.5. The summed E-state index contributed by atoms with van der Waals surface area (Å²) in [5.74, 6) is -1.24. The Hall–Kier alpha value is -1.58. The molecule has 0 amide bonds. The molecule has 2 N–H and O–H groups in total. The number of aliphatic carboxylic acids is 1. The second-order valence-corrected chi connectivity index (χ2v) is 3.46. The average molecular weight is 195 g/mol. The normalized spacial score (nSPS) is 18.9. The van der Waals surface area contributed by atoms with Crippen LogP contribution in [-0.2, 0) is 11.2 Å². The topological polar surface area (TPSA) is 49.3 Å². The molecule has 1 aromatic rings. The number of fused-ring (bicyclic) bond motifs is 1. The summed E-state index contributed by atoms with van der Waals surface area (Å²) in [5.41, 5.74) is 1.63. The van der Waals surface area contributed by atoms with E-state index >= 15 is 0 Å². The van der Waals surface area contributed by atoms with E-state index in [0.717, 1.165) is 0 Å². The van der Waals surface area contributed by atoms with Gasteiger partial charge in [-0.15, -0.1) is 0 Å². The smallest absolute Gasteiger partial charge is 0.326 e. The number of nitrogens with one attached hydrogen (secondary N) is 1. The van der Waals surface area contributed by atoms with Gasteiger partial charge < -0.3 is 10.4 Å². The van der Waals surface area contributed by atoms with E-state index in [4.69, 9.17) is 5.11 Å². The quantitative estimate of drug-likeness (QED) is 0.714. The molecule has 1 aliphatic heterocycles. The molecule has 1 heterocycles. The van der Waals surface area contributed by atoms with Crippen molar-refractivity contribution in [2.75, 3.05) is 5.32 Å². The summed E-state index contributed by atoms with van der Waals surface area (Å²) in [7, 11) is 0. The maximum atomic E-state index is 13.5. The molecule has 2 rings (SSSR count). The van der Waals surface area contributed by atoms with Gasteiger partial charge in [-0.2, -0.15) is 0 Å². The summed E-state index contributed by atoms with van der Waals surface area (Å²) < 4.78 is 13.5. The summed E-state index contributed by atoms with van der Waals surface area (Å²) in [4.78, 5) is 10.7. The van der Waals surface area contributed by atoms with Gasteiger partial charge in [-0.1, -0.05) is 6.07 Å². The minimum atomic E-state index is -0.946. The Morgan fingerprint density at radius 3 is 3.00 bits per heavy atom. The Labute approximate surface area is 80.6 Å². The number of carboxylic acids is 1. The van der Waals surface area contributed by atoms with Crippen LogP contribution in [0.4, 0.5) is 10.1 Å². The molecular formula is C10H10FNO2. The van der Waals surface area contributed by atoms with Crippen molar-refractivity contribution < 1.29 is 14.3 Å². The lowest BCUT2D eigenvalue weighted by atomic mass is 10.1. The zero-order valence-electron chi connectivity index (χ0n) is 7.67. The molecule has 0 saturated carbocycles. The first-order valence-corrected chi connectivity index (χ1v) is 4.37. The second kappa shape index (κ2) is 2.97. The van der Waals surface area contributed by atoms with Crippen LogP contribution in [0.1, 0.15) is 11.1 Å². The van der Waals surface area contributed by atoms with Gasteiger partial charge >= 0.3 is 5.97 Å². The number of anilines is 1. The molecule has 1 atom stereocenters. The van der Waals surface area contributed by atoms with E-state index in [0.29, 0.717) is 16.8 Å². The van der Waals surface area contributed by atoms with Gasteiger partial charge in [-0.25, -0.2) is 9.18 Å². The van der Waals surface area contributed by atoms with Crippen LogP contribution in [-0.4, -0.2) is 17.1 Å². The van der Waals surface area contributed by atoms with Crippen molar-refractivity contribution in [1.29, 1.82) is 0 Å². The highest BCUT2D eigenvalue weighted by Gasteiger charge is 2.28. The standard InChI is InChI=1S/C10H10FNO2/c1-5-2-3-7-6(9(5)11)4-8(12-7)10(13)14/h2-3,8,12H,4H2,1H3,(H,13,14)/t8-/m1/s1. The highest BCUT2D eigenvalue weighted by Crippen LogP contribution is 2.29. The molecule has 74 valence electrons. The Morgan fingerprint density at radius 2 is 2.36 bits per heavy atom. The molecule has 0 radical (unpaired) electrons. The minimum Gasteiger partial charge on any atom is -0.480 e. The monoisotopic (exact) mass is 195 g/mol. The Kier molecular flexibility index (Phi) is 1.91. The summed E-state index contributed by atoms with van der Waals surface area (Å²) >= 11 is 0. The molecule has 0 spiro atoms. The van der Waals surface area contributed by atoms with Crippen molar-refractivity contribution in [3.63, 3.8) is 0 Å². The minimum absolute atomic E-state index is 0.220. The van der Waals surface area contributed by atoms with Gasteiger partial charge in [0.1, 0.15) is 11.9 Å². The maximum Gasteiger partial charge on any atom is 0.326 e. The second-order valence-electron chi connectivity index (χ2n) is 3.46. The summed E-state index contributed by atoms with van der Waals surface area (Å²) in [6.45, 7) is 1.67. The Bertz CT molecular complexity index is 403. The highest BCUT2D eigenvalue weighted by molar-refractivity contribution is 5.81. The van der Waals surface area contributed by atoms with E-state index in [-0.39, 0.29) is 12.2 Å². The van der Waals surface area contributed by atoms with Gasteiger partial charge in [0, 0.05) is 17.7 Å². The zero-order valence-corrected chi connectivity index (χ0v) is 7.67. The fourth-order valence-corrected chi connectivity index (χ4v) is 1.67. The molecule has 3 nitrogen and oxygen atoms in total. The molecule has 0 unspecified atom stereocenters. The molecule has 0 fully saturated rings. The number of hydrogen-bond donors (Lipinski definition) is 2. The van der Waals surface area contributed by atoms with Gasteiger partial charge in [0.05, 0.1) is 0 Å². The fourth-order valence-electron chi connectivity index (χ4n) is 1.67. The Balaban J connectivity index is 2.40. The summed E-state index contributed by atoms with van der Waals surface area (Å²) in [6.07, 6.45) is 0.220. The predicted octanol–water partition coefficient (Wildman–Crippen LogP) is 1.56. The first kappa shape index (κ1) is 8.99. The lowest BCUT2D eigenvalue weighted by Crippen LogP contribution is -2.26. The van der Waals surface area contributed by atoms with E-state index in [1.54, 1.807) is 19.1 Å². The lowest BCUT2D eigenvalue weighted by molar-refractivity contribution is -0.137. The predicted molar refractivity (Wildman–Crippen MR) is 49.9 cm³/mol. The van der Waals surface area contributed by atoms with Crippen LogP contribution in [0.25, 0.3) is 0 Å². The zero-order chi connectivity index (χ0) is 10.3. The number of benzene rings is 1. The van der Waals surface area contributed by atoms with Gasteiger partial charge in [-0.3, -0.25) is 0 Å². The molecule has 0 aromatic heterocycles. The van der Waals surface area contributed by atoms with Gasteiger partial charge in [-0.05, 0) is 18.6 Å². The molecule has 1 aliphatic rings. The van der Waals surface area contributed by atoms with E-state index < -0.39 is 12.0 Å². The van der Waals surface area contributed by atoms with E-state index in [1.807, 2.05) is 0 Å². The van der Waals surface area contributed by atoms with Gasteiger partial charge in [0.25, 0.3) is 0 Å². The Morgan fingerprint density at radius 1 is 1.64 bits per heavy atom. The SMILES string of the molecule is Cc1ccc2c(c1F)C[C@H](C(=O)O)N2. The van der Waals surface area contributed by atoms with Crippen molar-refractivity contribution in [3.8, 4) is 0 Å². The van der Waals surface area contributed by atoms with Gasteiger partial charge in [0.2, 0.25) is 0 Å². The van der Waals surface area contributed by atoms with Crippen LogP contribution in [0.5, 0.6) is 0 Å². The van der Waals surface area contributed by atoms with Crippen LogP contribution < -0.4 is 5.32 Å². The highest BCUT2D eigenvalue weighted by atomic mass is 19.1. The van der Waals surface area contributed by atoms with Crippen LogP contribution in [0, 0.1) is 12.7 Å². The lowest BCUT2D eigenvalue weighted by Gasteiger charge is -2.03. The number of hydrogen-bond acceptors (Lipinski definition) is 2. The number of carbonyl (C=O) groups is 1. The number of halogens is 1. The van der Waals surface area contributed by atoms with Crippen LogP contribution in [0.3, 0.4) is 0 Å². The van der Waals surface area contributed by atoms with E-state index in [1.165, 1.54) is 0 Å². The number of rotatable bonds is 1. The average Bonchev–Trinajstić information content (AvgIpc) is 2.56. The molecule has 0 aliphatic carbocycles. The first-order valence-electron chi connectivity index (χ1n) is 4.37. The third-order valence-electron chi connectivity index (χ3n) is 2.47. The molecular weight excluding hydrogens is 185 g/mol. The third-order valence-corrected chi connectivity index (χ3v) is 2.47. The van der Waals surface area contributed by atoms with Crippen molar-refractivity contribution in [3.05, 3.63) is 29.1 Å².